The second-order valence-corrected chi connectivity index (χ2v) is 9.74. The van der Waals surface area contributed by atoms with Crippen molar-refractivity contribution in [1.82, 2.24) is 25.0 Å². The number of rotatable bonds is 8. The SMILES string of the molecule is Nc1nc(/C(=N/O)C(=O)N[C@@H]2C(=O)N3C(C(=O)[O-])=C(SCCn4cccn4)CS[C@H]23)cs1.[Na+]. The summed E-state index contributed by atoms with van der Waals surface area (Å²) in [5, 5.41) is 31.6. The van der Waals surface area contributed by atoms with E-state index in [9.17, 15) is 24.7 Å². The Hall–Kier alpha value is -2.04. The number of nitrogens with one attached hydrogen (secondary N) is 1. The van der Waals surface area contributed by atoms with Gasteiger partial charge in [0.25, 0.3) is 11.8 Å². The summed E-state index contributed by atoms with van der Waals surface area (Å²) in [4.78, 5) is 42.6. The summed E-state index contributed by atoms with van der Waals surface area (Å²) in [6.45, 7) is 0.576. The molecule has 0 aliphatic carbocycles. The van der Waals surface area contributed by atoms with Crippen molar-refractivity contribution in [2.75, 3.05) is 17.2 Å². The molecule has 2 aliphatic heterocycles. The van der Waals surface area contributed by atoms with Gasteiger partial charge in [-0.25, -0.2) is 4.98 Å². The fraction of sp³-hybridized carbons (Fsp3) is 0.294. The summed E-state index contributed by atoms with van der Waals surface area (Å²) in [5.41, 5.74) is 5.03. The smallest absolute Gasteiger partial charge is 0.543 e. The molecule has 168 valence electrons. The van der Waals surface area contributed by atoms with Gasteiger partial charge in [0, 0.05) is 34.2 Å². The minimum atomic E-state index is -1.45. The van der Waals surface area contributed by atoms with E-state index in [-0.39, 0.29) is 46.1 Å². The van der Waals surface area contributed by atoms with E-state index in [0.29, 0.717) is 23.0 Å². The molecule has 0 unspecified atom stereocenters. The van der Waals surface area contributed by atoms with Crippen LogP contribution < -0.4 is 45.7 Å². The molecular formula is C17H16N7NaO5S3. The van der Waals surface area contributed by atoms with Gasteiger partial charge in [0.1, 0.15) is 17.1 Å². The molecular weight excluding hydrogens is 501 g/mol. The minimum absolute atomic E-state index is 0. The zero-order valence-electron chi connectivity index (χ0n) is 17.2. The minimum Gasteiger partial charge on any atom is -0.543 e. The first kappa shape index (κ1) is 25.6. The fourth-order valence-electron chi connectivity index (χ4n) is 3.21. The molecule has 16 heteroatoms. The van der Waals surface area contributed by atoms with Crippen molar-refractivity contribution >= 4 is 63.5 Å². The van der Waals surface area contributed by atoms with Gasteiger partial charge in [-0.05, 0) is 6.07 Å². The number of nitrogens with zero attached hydrogens (tertiary/aromatic N) is 5. The number of nitrogen functional groups attached to an aromatic ring is 1. The Morgan fingerprint density at radius 1 is 1.45 bits per heavy atom. The van der Waals surface area contributed by atoms with Crippen molar-refractivity contribution in [1.29, 1.82) is 0 Å². The number of hydrogen-bond acceptors (Lipinski definition) is 12. The van der Waals surface area contributed by atoms with Gasteiger partial charge in [-0.3, -0.25) is 19.2 Å². The first-order chi connectivity index (χ1) is 15.4. The fourth-order valence-corrected chi connectivity index (χ4v) is 6.33. The number of anilines is 1. The van der Waals surface area contributed by atoms with Gasteiger partial charge in [0.15, 0.2) is 10.8 Å². The maximum Gasteiger partial charge on any atom is 1.00 e. The predicted octanol–water partition coefficient (Wildman–Crippen LogP) is -4.10. The zero-order chi connectivity index (χ0) is 22.8. The van der Waals surface area contributed by atoms with Crippen LogP contribution in [0.15, 0.2) is 39.6 Å². The van der Waals surface area contributed by atoms with Gasteiger partial charge in [0.05, 0.1) is 18.2 Å². The van der Waals surface area contributed by atoms with E-state index < -0.39 is 34.9 Å². The molecule has 0 bridgehead atoms. The molecule has 0 spiro atoms. The number of oxime groups is 1. The molecule has 0 aromatic carbocycles. The second-order valence-electron chi connectivity index (χ2n) is 6.56. The molecule has 0 saturated carbocycles. The Bertz CT molecular complexity index is 1120. The predicted molar refractivity (Wildman–Crippen MR) is 117 cm³/mol. The van der Waals surface area contributed by atoms with Crippen molar-refractivity contribution in [3.05, 3.63) is 40.1 Å². The van der Waals surface area contributed by atoms with Crippen LogP contribution in [0.25, 0.3) is 0 Å². The van der Waals surface area contributed by atoms with E-state index in [0.717, 1.165) is 16.2 Å². The normalized spacial score (nSPS) is 20.1. The van der Waals surface area contributed by atoms with E-state index in [1.54, 1.807) is 23.1 Å². The third-order valence-electron chi connectivity index (χ3n) is 4.65. The molecule has 4 rings (SSSR count). The molecule has 2 aromatic heterocycles. The van der Waals surface area contributed by atoms with Crippen LogP contribution in [0.3, 0.4) is 0 Å². The monoisotopic (exact) mass is 517 g/mol. The summed E-state index contributed by atoms with van der Waals surface area (Å²) in [6.07, 6.45) is 3.46. The van der Waals surface area contributed by atoms with Gasteiger partial charge in [-0.15, -0.1) is 34.9 Å². The molecule has 2 amide bonds. The number of hydrogen-bond donors (Lipinski definition) is 3. The number of carbonyl (C=O) groups excluding carboxylic acids is 3. The number of β-lactam (4-membered cyclic amide) rings is 1. The largest absolute Gasteiger partial charge is 1.00 e. The molecule has 4 N–H and O–H groups in total. The number of carboxylic acids is 1. The summed E-state index contributed by atoms with van der Waals surface area (Å²) < 4.78 is 1.72. The van der Waals surface area contributed by atoms with Crippen LogP contribution in [0.2, 0.25) is 0 Å². The molecule has 1 fully saturated rings. The van der Waals surface area contributed by atoms with Crippen molar-refractivity contribution in [2.45, 2.75) is 18.0 Å². The van der Waals surface area contributed by atoms with Crippen molar-refractivity contribution in [3.8, 4) is 0 Å². The quantitative estimate of drug-likeness (QED) is 0.102. The number of aromatic nitrogens is 3. The van der Waals surface area contributed by atoms with Gasteiger partial charge in [0.2, 0.25) is 0 Å². The number of thioether (sulfide) groups is 2. The molecule has 0 radical (unpaired) electrons. The maximum atomic E-state index is 12.7. The third kappa shape index (κ3) is 5.22. The maximum absolute atomic E-state index is 12.7. The second kappa shape index (κ2) is 10.9. The van der Waals surface area contributed by atoms with Crippen LogP contribution >= 0.6 is 34.9 Å². The first-order valence-electron chi connectivity index (χ1n) is 9.14. The number of carbonyl (C=O) groups is 3. The van der Waals surface area contributed by atoms with E-state index in [1.807, 2.05) is 0 Å². The molecule has 33 heavy (non-hydrogen) atoms. The number of aryl methyl sites for hydroxylation is 1. The van der Waals surface area contributed by atoms with Crippen LogP contribution in [0.4, 0.5) is 5.13 Å². The Balaban J connectivity index is 0.00000306. The topological polar surface area (TPSA) is 179 Å². The van der Waals surface area contributed by atoms with Gasteiger partial charge in [-0.2, -0.15) is 5.10 Å². The van der Waals surface area contributed by atoms with Crippen LogP contribution in [0, 0.1) is 0 Å². The molecule has 2 aromatic rings. The van der Waals surface area contributed by atoms with Gasteiger partial charge in [-0.1, -0.05) is 5.16 Å². The third-order valence-corrected chi connectivity index (χ3v) is 7.86. The van der Waals surface area contributed by atoms with Crippen molar-refractivity contribution in [3.63, 3.8) is 0 Å². The van der Waals surface area contributed by atoms with E-state index in [2.05, 4.69) is 20.6 Å². The molecule has 2 aliphatic rings. The van der Waals surface area contributed by atoms with Crippen LogP contribution in [-0.4, -0.2) is 71.3 Å². The van der Waals surface area contributed by atoms with Gasteiger partial charge < -0.3 is 26.2 Å². The van der Waals surface area contributed by atoms with Crippen molar-refractivity contribution in [2.24, 2.45) is 5.16 Å². The Morgan fingerprint density at radius 2 is 2.24 bits per heavy atom. The summed E-state index contributed by atoms with van der Waals surface area (Å²) >= 11 is 3.71. The molecule has 12 nitrogen and oxygen atoms in total. The van der Waals surface area contributed by atoms with Crippen LogP contribution in [0.5, 0.6) is 0 Å². The van der Waals surface area contributed by atoms with Crippen LogP contribution in [0.1, 0.15) is 5.69 Å². The number of thiazole rings is 1. The summed E-state index contributed by atoms with van der Waals surface area (Å²) in [7, 11) is 0. The Labute approximate surface area is 222 Å². The van der Waals surface area contributed by atoms with Crippen molar-refractivity contribution < 1.29 is 54.3 Å². The molecule has 4 heterocycles. The summed E-state index contributed by atoms with van der Waals surface area (Å²) in [6, 6.07) is 0.811. The number of nitrogens with two attached hydrogens (primary N) is 1. The molecule has 1 saturated heterocycles. The zero-order valence-corrected chi connectivity index (χ0v) is 21.7. The number of carboxylic acid groups (broad SMARTS) is 1. The number of amides is 2. The Morgan fingerprint density at radius 3 is 2.85 bits per heavy atom. The number of aliphatic carboxylic acids is 1. The Kier molecular flexibility index (Phi) is 8.47. The first-order valence-corrected chi connectivity index (χ1v) is 12.1. The summed E-state index contributed by atoms with van der Waals surface area (Å²) in [5.74, 6) is -1.96. The average Bonchev–Trinajstić information content (AvgIpc) is 3.44. The van der Waals surface area contributed by atoms with E-state index >= 15 is 0 Å². The number of fused-ring (bicyclic) bond motifs is 1. The van der Waals surface area contributed by atoms with Crippen LogP contribution in [-0.2, 0) is 20.9 Å². The molecule has 2 atom stereocenters. The standard InChI is InChI=1S/C17H17N7O5S3.Na/c18-17-20-8(6-32-17)10(22-29)13(25)21-11-14(26)24-12(16(27)28)9(7-31-15(11)24)30-5-4-23-3-1-2-19-23;/h1-3,6,11,15,29H,4-5,7H2,(H2,18,20)(H,21,25)(H,27,28);/q;+1/p-1/b22-10-;/t11-,15-;/m1./s1. The van der Waals surface area contributed by atoms with E-state index in [1.165, 1.54) is 28.9 Å². The van der Waals surface area contributed by atoms with E-state index in [4.69, 9.17) is 5.73 Å². The van der Waals surface area contributed by atoms with Gasteiger partial charge >= 0.3 is 29.6 Å². The average molecular weight is 518 g/mol.